The van der Waals surface area contributed by atoms with Crippen molar-refractivity contribution < 1.29 is 4.57 Å². The second-order valence-corrected chi connectivity index (χ2v) is 10.6. The molecule has 2 nitrogen and oxygen atoms in total. The average Bonchev–Trinajstić information content (AvgIpc) is 3.29. The van der Waals surface area contributed by atoms with E-state index in [1.165, 1.54) is 31.5 Å². The molecule has 1 aliphatic heterocycles. The van der Waals surface area contributed by atoms with Gasteiger partial charge in [-0.1, -0.05) is 91.0 Å². The Morgan fingerprint density at radius 2 is 1.18 bits per heavy atom. The summed E-state index contributed by atoms with van der Waals surface area (Å²) in [5, 5.41) is 1.91. The molecule has 0 amide bonds. The molecule has 0 aliphatic carbocycles. The van der Waals surface area contributed by atoms with Crippen LogP contribution in [0.2, 0.25) is 0 Å². The van der Waals surface area contributed by atoms with Crippen LogP contribution in [0.25, 0.3) is 0 Å². The summed E-state index contributed by atoms with van der Waals surface area (Å²) in [6.07, 6.45) is 3.47. The van der Waals surface area contributed by atoms with E-state index in [0.29, 0.717) is 0 Å². The molecule has 1 saturated heterocycles. The molecule has 0 spiro atoms. The van der Waals surface area contributed by atoms with E-state index in [-0.39, 0.29) is 5.66 Å². The molecule has 0 radical (unpaired) electrons. The molecule has 1 unspecified atom stereocenters. The van der Waals surface area contributed by atoms with Gasteiger partial charge in [0.2, 0.25) is 0 Å². The first-order chi connectivity index (χ1) is 13.8. The molecule has 0 aromatic heterocycles. The lowest BCUT2D eigenvalue weighted by Gasteiger charge is -2.30. The van der Waals surface area contributed by atoms with Crippen LogP contribution in [0.4, 0.5) is 0 Å². The Balaban J connectivity index is 1.80. The van der Waals surface area contributed by atoms with E-state index in [4.69, 9.17) is 0 Å². The first kappa shape index (κ1) is 19.2. The van der Waals surface area contributed by atoms with E-state index in [9.17, 15) is 4.57 Å². The molecule has 3 aromatic carbocycles. The van der Waals surface area contributed by atoms with Crippen LogP contribution in [0.5, 0.6) is 0 Å². The third kappa shape index (κ3) is 3.99. The summed E-state index contributed by atoms with van der Waals surface area (Å²) in [6.45, 7) is 3.34. The van der Waals surface area contributed by atoms with Crippen LogP contribution in [0.3, 0.4) is 0 Å². The number of nitrogens with zero attached hydrogens (tertiary/aromatic N) is 1. The van der Waals surface area contributed by atoms with Gasteiger partial charge < -0.3 is 9.46 Å². The van der Waals surface area contributed by atoms with E-state index >= 15 is 0 Å². The van der Waals surface area contributed by atoms with E-state index in [1.807, 2.05) is 66.7 Å². The van der Waals surface area contributed by atoms with Crippen molar-refractivity contribution in [1.29, 1.82) is 0 Å². The molecule has 0 saturated carbocycles. The monoisotopic (exact) mass is 389 g/mol. The summed E-state index contributed by atoms with van der Waals surface area (Å²) in [4.78, 5) is 2.52. The molecule has 3 heteroatoms. The van der Waals surface area contributed by atoms with E-state index in [2.05, 4.69) is 29.2 Å². The minimum absolute atomic E-state index is 0.0147. The van der Waals surface area contributed by atoms with E-state index < -0.39 is 7.14 Å². The van der Waals surface area contributed by atoms with E-state index in [1.54, 1.807) is 0 Å². The summed E-state index contributed by atoms with van der Waals surface area (Å²) >= 11 is 0. The van der Waals surface area contributed by atoms with Crippen molar-refractivity contribution in [3.8, 4) is 0 Å². The molecule has 1 fully saturated rings. The molecule has 3 aromatic rings. The standard InChI is InChI=1S/C25H28NOP/c27-28(23-14-6-2-7-15-23,24-16-8-3-9-17-24)25(22-12-4-1-5-13-22)18-21-26-19-10-11-20-26/h1-9,12-17,25H,10-11,18-21H2. The van der Waals surface area contributed by atoms with Crippen molar-refractivity contribution >= 4 is 17.8 Å². The van der Waals surface area contributed by atoms with Gasteiger partial charge in [0.1, 0.15) is 7.14 Å². The van der Waals surface area contributed by atoms with Crippen molar-refractivity contribution in [2.75, 3.05) is 19.6 Å². The van der Waals surface area contributed by atoms with Crippen LogP contribution >= 0.6 is 7.14 Å². The zero-order valence-corrected chi connectivity index (χ0v) is 17.2. The molecule has 1 atom stereocenters. The highest BCUT2D eigenvalue weighted by Crippen LogP contribution is 2.58. The molecular formula is C25H28NOP. The summed E-state index contributed by atoms with van der Waals surface area (Å²) in [7, 11) is -2.84. The number of likely N-dealkylation sites (tertiary alicyclic amines) is 1. The lowest BCUT2D eigenvalue weighted by Crippen LogP contribution is -2.26. The normalized spacial score (nSPS) is 16.1. The van der Waals surface area contributed by atoms with Crippen LogP contribution in [0.15, 0.2) is 91.0 Å². The SMILES string of the molecule is O=P(c1ccccc1)(c1ccccc1)C(CCN1CCCC1)c1ccccc1. The van der Waals surface area contributed by atoms with Gasteiger partial charge >= 0.3 is 0 Å². The summed E-state index contributed by atoms with van der Waals surface area (Å²) < 4.78 is 14.9. The molecule has 0 bridgehead atoms. The summed E-state index contributed by atoms with van der Waals surface area (Å²) in [5.74, 6) is 0. The summed E-state index contributed by atoms with van der Waals surface area (Å²) in [6, 6.07) is 30.7. The molecule has 4 rings (SSSR count). The Bertz CT molecular complexity index is 862. The van der Waals surface area contributed by atoms with Crippen LogP contribution in [0.1, 0.15) is 30.5 Å². The third-order valence-electron chi connectivity index (χ3n) is 5.82. The van der Waals surface area contributed by atoms with Gasteiger partial charge in [0, 0.05) is 16.3 Å². The average molecular weight is 389 g/mol. The zero-order chi connectivity index (χ0) is 19.2. The fourth-order valence-corrected chi connectivity index (χ4v) is 7.67. The Morgan fingerprint density at radius 1 is 0.714 bits per heavy atom. The van der Waals surface area contributed by atoms with Gasteiger partial charge in [-0.25, -0.2) is 0 Å². The number of hydrogen-bond acceptors (Lipinski definition) is 2. The number of benzene rings is 3. The predicted octanol–water partition coefficient (Wildman–Crippen LogP) is 5.23. The summed E-state index contributed by atoms with van der Waals surface area (Å²) in [5.41, 5.74) is 1.16. The van der Waals surface area contributed by atoms with Crippen molar-refractivity contribution in [3.63, 3.8) is 0 Å². The minimum Gasteiger partial charge on any atom is -0.313 e. The number of hydrogen-bond donors (Lipinski definition) is 0. The van der Waals surface area contributed by atoms with Crippen LogP contribution in [-0.4, -0.2) is 24.5 Å². The molecule has 1 aliphatic rings. The largest absolute Gasteiger partial charge is 0.313 e. The molecule has 1 heterocycles. The van der Waals surface area contributed by atoms with Crippen molar-refractivity contribution in [2.24, 2.45) is 0 Å². The lowest BCUT2D eigenvalue weighted by atomic mass is 10.1. The molecule has 28 heavy (non-hydrogen) atoms. The Hall–Kier alpha value is -2.15. The van der Waals surface area contributed by atoms with E-state index in [0.717, 1.165) is 23.6 Å². The van der Waals surface area contributed by atoms with Gasteiger partial charge in [-0.3, -0.25) is 0 Å². The van der Waals surface area contributed by atoms with Gasteiger partial charge in [-0.05, 0) is 44.5 Å². The maximum atomic E-state index is 14.9. The molecular weight excluding hydrogens is 361 g/mol. The number of rotatable bonds is 7. The van der Waals surface area contributed by atoms with Gasteiger partial charge in [0.25, 0.3) is 0 Å². The fraction of sp³-hybridized carbons (Fsp3) is 0.280. The van der Waals surface area contributed by atoms with Crippen LogP contribution in [-0.2, 0) is 4.57 Å². The van der Waals surface area contributed by atoms with Crippen LogP contribution in [0, 0.1) is 0 Å². The highest BCUT2D eigenvalue weighted by molar-refractivity contribution is 7.79. The van der Waals surface area contributed by atoms with Crippen LogP contribution < -0.4 is 10.6 Å². The van der Waals surface area contributed by atoms with Crippen molar-refractivity contribution in [3.05, 3.63) is 96.6 Å². The maximum Gasteiger partial charge on any atom is 0.150 e. The smallest absolute Gasteiger partial charge is 0.150 e. The second-order valence-electron chi connectivity index (χ2n) is 7.59. The van der Waals surface area contributed by atoms with Gasteiger partial charge in [-0.2, -0.15) is 0 Å². The van der Waals surface area contributed by atoms with Crippen molar-refractivity contribution in [1.82, 2.24) is 4.90 Å². The quantitative estimate of drug-likeness (QED) is 0.516. The predicted molar refractivity (Wildman–Crippen MR) is 119 cm³/mol. The Morgan fingerprint density at radius 3 is 1.68 bits per heavy atom. The maximum absolute atomic E-state index is 14.9. The van der Waals surface area contributed by atoms with Gasteiger partial charge in [0.05, 0.1) is 0 Å². The lowest BCUT2D eigenvalue weighted by molar-refractivity contribution is 0.331. The molecule has 144 valence electrons. The minimum atomic E-state index is -2.84. The topological polar surface area (TPSA) is 20.3 Å². The van der Waals surface area contributed by atoms with Gasteiger partial charge in [-0.15, -0.1) is 0 Å². The highest BCUT2D eigenvalue weighted by atomic mass is 31.2. The first-order valence-corrected chi connectivity index (χ1v) is 12.0. The molecule has 0 N–H and O–H groups in total. The Kier molecular flexibility index (Phi) is 6.10. The zero-order valence-electron chi connectivity index (χ0n) is 16.3. The third-order valence-corrected chi connectivity index (χ3v) is 9.39. The van der Waals surface area contributed by atoms with Gasteiger partial charge in [0.15, 0.2) is 0 Å². The Labute approximate surface area is 168 Å². The second kappa shape index (κ2) is 8.90. The highest BCUT2D eigenvalue weighted by Gasteiger charge is 2.37. The fourth-order valence-electron chi connectivity index (χ4n) is 4.35. The first-order valence-electron chi connectivity index (χ1n) is 10.3. The van der Waals surface area contributed by atoms with Crippen molar-refractivity contribution in [2.45, 2.75) is 24.9 Å².